The van der Waals surface area contributed by atoms with Gasteiger partial charge < -0.3 is 0 Å². The molecule has 0 bridgehead atoms. The van der Waals surface area contributed by atoms with Crippen molar-refractivity contribution in [1.82, 2.24) is 0 Å². The van der Waals surface area contributed by atoms with Crippen molar-refractivity contribution in [1.29, 1.82) is 0 Å². The fourth-order valence-electron chi connectivity index (χ4n) is 10.8. The Morgan fingerprint density at radius 1 is 0.348 bits per heavy atom. The molecule has 32 heteroatoms. The van der Waals surface area contributed by atoms with E-state index in [4.69, 9.17) is 13.5 Å². The molecule has 92 heavy (non-hydrogen) atoms. The van der Waals surface area contributed by atoms with Crippen molar-refractivity contribution in [3.05, 3.63) is 307 Å². The van der Waals surface area contributed by atoms with E-state index in [1.807, 2.05) is 0 Å². The molecule has 0 saturated carbocycles. The summed E-state index contributed by atoms with van der Waals surface area (Å²) in [4.78, 5) is 105. The number of Topliss-reactive ketones (excluding diaryl/α,β-unsaturated/α-hetero) is 2. The summed E-state index contributed by atoms with van der Waals surface area (Å²) in [7, 11) is -3.45. The van der Waals surface area contributed by atoms with Crippen molar-refractivity contribution < 1.29 is 79.0 Å². The Labute approximate surface area is 513 Å². The Morgan fingerprint density at radius 2 is 0.587 bits per heavy atom. The molecule has 9 aromatic carbocycles. The molecule has 0 amide bonds. The van der Waals surface area contributed by atoms with E-state index < -0.39 is 170 Å². The zero-order valence-corrected chi connectivity index (χ0v) is 48.4. The van der Waals surface area contributed by atoms with Crippen LogP contribution in [0.25, 0.3) is 0 Å². The summed E-state index contributed by atoms with van der Waals surface area (Å²) in [5.41, 5.74) is -10.1. The molecule has 9 rings (SSSR count). The molecule has 0 N–H and O–H groups in total. The van der Waals surface area contributed by atoms with Gasteiger partial charge in [-0.3, -0.25) is 0 Å². The van der Waals surface area contributed by atoms with Gasteiger partial charge in [-0.2, -0.15) is 0 Å². The summed E-state index contributed by atoms with van der Waals surface area (Å²) in [6, 6.07) is 34.9. The molecule has 0 aliphatic heterocycles. The van der Waals surface area contributed by atoms with Crippen LogP contribution in [0.4, 0.5) is 60.5 Å². The molecule has 9 aromatic rings. The number of non-ortho nitro benzene ring substituents is 6. The third kappa shape index (κ3) is 12.4. The van der Waals surface area contributed by atoms with Crippen molar-refractivity contribution in [3.63, 3.8) is 0 Å². The van der Waals surface area contributed by atoms with Gasteiger partial charge in [0.2, 0.25) is 0 Å². The molecule has 0 heterocycles. The van der Waals surface area contributed by atoms with E-state index in [1.54, 1.807) is 0 Å². The second kappa shape index (κ2) is 25.1. The first kappa shape index (κ1) is 65.4. The van der Waals surface area contributed by atoms with Gasteiger partial charge in [0.25, 0.3) is 0 Å². The van der Waals surface area contributed by atoms with Crippen LogP contribution in [0.3, 0.4) is 0 Å². The summed E-state index contributed by atoms with van der Waals surface area (Å²) in [6.07, 6.45) is -14.2. The van der Waals surface area contributed by atoms with Crippen LogP contribution in [-0.2, 0) is 21.2 Å². The van der Waals surface area contributed by atoms with Crippen LogP contribution in [0.15, 0.2) is 224 Å². The van der Waals surface area contributed by atoms with Gasteiger partial charge in [0.1, 0.15) is 0 Å². The molecule has 0 aliphatic carbocycles. The van der Waals surface area contributed by atoms with Gasteiger partial charge in [-0.25, -0.2) is 0 Å². The molecular formula is C60H41BF6N6O17P2. The summed E-state index contributed by atoms with van der Waals surface area (Å²) >= 11 is 0. The van der Waals surface area contributed by atoms with Crippen LogP contribution in [0.1, 0.15) is 31.8 Å². The van der Waals surface area contributed by atoms with Gasteiger partial charge in [-0.15, -0.1) is 0 Å². The molecular weight excluding hydrogens is 1260 g/mol. The van der Waals surface area contributed by atoms with E-state index >= 15 is 35.9 Å². The first-order chi connectivity index (χ1) is 43.5. The molecule has 0 aliphatic rings. The third-order valence-electron chi connectivity index (χ3n) is 15.0. The summed E-state index contributed by atoms with van der Waals surface area (Å²) < 4.78 is 113. The predicted molar refractivity (Wildman–Crippen MR) is 326 cm³/mol. The monoisotopic (exact) mass is 1300 g/mol. The van der Waals surface area contributed by atoms with Gasteiger partial charge in [0.15, 0.2) is 0 Å². The van der Waals surface area contributed by atoms with Gasteiger partial charge >= 0.3 is 515 Å². The zero-order chi connectivity index (χ0) is 66.6. The maximum absolute atomic E-state index is 15.9. The number of ketones is 2. The number of hydrogen-bond donors (Lipinski definition) is 0. The standard InChI is InChI=1S/C60H41BF6N6O17P2/c62-59(63,64)42-29-43(60(65,66)67)31-50(30-42)88-61(89-91(38-57(74)40-13-3-1-4-14-40,51-23-7-17-44(32-51)68(76)77,52-24-8-18-45(33-52)69(78)79)53-25-9-19-46(34-53)70(80)81)90-92(39-58(75)41-15-5-2-6-16-41,54-26-10-20-47(35-54)71(82)83,55-27-11-21-48(36-55)72(84)85)56-28-12-22-49(37-56)73(86)87/h1-37H,38-39H2. The van der Waals surface area contributed by atoms with Crippen LogP contribution in [-0.4, -0.2) is 60.8 Å². The number of benzene rings is 9. The van der Waals surface area contributed by atoms with Crippen LogP contribution < -0.4 is 36.5 Å². The van der Waals surface area contributed by atoms with E-state index in [0.29, 0.717) is 0 Å². The van der Waals surface area contributed by atoms with Crippen LogP contribution in [0, 0.1) is 60.7 Å². The Hall–Kier alpha value is -11.1. The Bertz CT molecular complexity index is 3920. The van der Waals surface area contributed by atoms with Gasteiger partial charge in [-0.05, 0) is 0 Å². The average Bonchev–Trinajstić information content (AvgIpc) is 0.687. The molecule has 0 radical (unpaired) electrons. The molecule has 0 spiro atoms. The second-order valence-corrected chi connectivity index (χ2v) is 29.3. The van der Waals surface area contributed by atoms with Gasteiger partial charge in [-0.1, -0.05) is 0 Å². The van der Waals surface area contributed by atoms with E-state index in [2.05, 4.69) is 0 Å². The first-order valence-electron chi connectivity index (χ1n) is 26.5. The molecule has 0 atom stereocenters. The van der Waals surface area contributed by atoms with E-state index in [0.717, 1.165) is 146 Å². The fourth-order valence-corrected chi connectivity index (χ4v) is 21.9. The number of nitro benzene ring substituents is 6. The number of nitrogens with zero attached hydrogens (tertiary/aromatic N) is 6. The van der Waals surface area contributed by atoms with E-state index in [-0.39, 0.29) is 29.3 Å². The molecule has 0 aromatic heterocycles. The van der Waals surface area contributed by atoms with Gasteiger partial charge in [0, 0.05) is 0 Å². The van der Waals surface area contributed by atoms with Crippen molar-refractivity contribution in [3.8, 4) is 5.75 Å². The first-order valence-corrected chi connectivity index (χ1v) is 31.2. The Balaban J connectivity index is 1.63. The summed E-state index contributed by atoms with van der Waals surface area (Å²) in [6.45, 7) is -13.6. The zero-order valence-electron chi connectivity index (χ0n) is 46.6. The van der Waals surface area contributed by atoms with Gasteiger partial charge in [0.05, 0.1) is 0 Å². The van der Waals surface area contributed by atoms with E-state index in [1.165, 1.54) is 60.7 Å². The molecule has 0 fully saturated rings. The fraction of sp³-hybridized carbons (Fsp3) is 0.0667. The Kier molecular flexibility index (Phi) is 17.8. The predicted octanol–water partition coefficient (Wildman–Crippen LogP) is 12.2. The number of hydrogen-bond acceptors (Lipinski definition) is 17. The number of alkyl halides is 6. The number of rotatable bonds is 24. The van der Waals surface area contributed by atoms with Crippen molar-refractivity contribution in [2.24, 2.45) is 0 Å². The topological polar surface area (TPSA) is 321 Å². The molecule has 0 saturated heterocycles. The number of carbonyl (C=O) groups excluding carboxylic acids is 2. The van der Waals surface area contributed by atoms with Crippen LogP contribution in [0.5, 0.6) is 5.75 Å². The number of halogens is 6. The van der Waals surface area contributed by atoms with Crippen LogP contribution in [0.2, 0.25) is 0 Å². The van der Waals surface area contributed by atoms with Crippen molar-refractivity contribution in [2.75, 3.05) is 12.3 Å². The summed E-state index contributed by atoms with van der Waals surface area (Å²) in [5, 5.41) is 75.0. The SMILES string of the molecule is O=C(CP(OB(Oc1cc(C(F)(F)F)cc(C(F)(F)F)c1)OP(CC(=O)c1ccccc1)(c1cccc([N+](=O)[O-])c1)(c1cccc([N+](=O)[O-])c1)c1cccc([N+](=O)[O-])c1)(c1cccc([N+](=O)[O-])c1)(c1cccc([N+](=O)[O-])c1)c1cccc([N+](=O)[O-])c1)c1ccccc1. The normalized spacial score (nSPS) is 12.6. The minimum atomic E-state index is -6.82. The molecule has 0 unspecified atom stereocenters. The van der Waals surface area contributed by atoms with Crippen LogP contribution >= 0.6 is 13.7 Å². The Morgan fingerprint density at radius 3 is 0.804 bits per heavy atom. The minimum absolute atomic E-state index is 0.00862. The van der Waals surface area contributed by atoms with Crippen molar-refractivity contribution >= 4 is 98.5 Å². The number of nitro groups is 6. The molecule has 23 nitrogen and oxygen atoms in total. The number of carbonyl (C=O) groups is 2. The van der Waals surface area contributed by atoms with E-state index in [9.17, 15) is 60.7 Å². The second-order valence-electron chi connectivity index (χ2n) is 20.3. The van der Waals surface area contributed by atoms with Crippen molar-refractivity contribution in [2.45, 2.75) is 12.4 Å². The average molecular weight is 1300 g/mol. The quantitative estimate of drug-likeness (QED) is 0.0135. The third-order valence-corrected chi connectivity index (χ3v) is 26.3. The molecule has 468 valence electrons. The summed E-state index contributed by atoms with van der Waals surface area (Å²) in [5.74, 6) is -3.81. The maximum atomic E-state index is 15.9.